The summed E-state index contributed by atoms with van der Waals surface area (Å²) in [6.45, 7) is 3.34. The van der Waals surface area contributed by atoms with Crippen LogP contribution < -0.4 is 0 Å². The normalized spacial score (nSPS) is 16.1. The Hall–Kier alpha value is -2.26. The van der Waals surface area contributed by atoms with Crippen molar-refractivity contribution in [3.63, 3.8) is 0 Å². The van der Waals surface area contributed by atoms with E-state index in [1.807, 2.05) is 6.07 Å². The smallest absolute Gasteiger partial charge is 0.352 e. The van der Waals surface area contributed by atoms with E-state index in [0.717, 1.165) is 4.90 Å². The van der Waals surface area contributed by atoms with Gasteiger partial charge in [-0.3, -0.25) is 4.79 Å². The maximum atomic E-state index is 14.3. The van der Waals surface area contributed by atoms with Crippen LogP contribution in [-0.2, 0) is 11.3 Å². The van der Waals surface area contributed by atoms with E-state index >= 15 is 0 Å². The number of alkyl halides is 2. The summed E-state index contributed by atoms with van der Waals surface area (Å²) in [6, 6.07) is 8.38. The molecule has 0 bridgehead atoms. The van der Waals surface area contributed by atoms with E-state index < -0.39 is 17.4 Å². The largest absolute Gasteiger partial charge is 0.383 e. The number of aliphatic hydroxyl groups is 1. The minimum Gasteiger partial charge on any atom is -0.383 e. The molecule has 6 heteroatoms. The second kappa shape index (κ2) is 6.47. The van der Waals surface area contributed by atoms with Crippen LogP contribution in [0.25, 0.3) is 0 Å². The Morgan fingerprint density at radius 2 is 2.22 bits per heavy atom. The highest BCUT2D eigenvalue weighted by Crippen LogP contribution is 2.45. The maximum Gasteiger partial charge on any atom is 0.352 e. The summed E-state index contributed by atoms with van der Waals surface area (Å²) < 4.78 is 28.7. The van der Waals surface area contributed by atoms with Crippen molar-refractivity contribution in [3.8, 4) is 6.07 Å². The Labute approximate surface area is 133 Å². The number of hydrogen-bond donors (Lipinski definition) is 1. The molecule has 2 rings (SSSR count). The number of carbonyl (C=O) groups excluding carboxylic acids is 1. The molecule has 1 aromatic rings. The molecular formula is C17H18F2N2O2. The number of benzene rings is 1. The maximum absolute atomic E-state index is 14.3. The van der Waals surface area contributed by atoms with Gasteiger partial charge in [0.05, 0.1) is 11.6 Å². The minimum atomic E-state index is -3.83. The van der Waals surface area contributed by atoms with E-state index in [2.05, 4.69) is 6.58 Å². The Bertz CT molecular complexity index is 648. The fourth-order valence-corrected chi connectivity index (χ4v) is 2.56. The zero-order chi connectivity index (χ0) is 17.1. The quantitative estimate of drug-likeness (QED) is 0.820. The van der Waals surface area contributed by atoms with E-state index in [9.17, 15) is 18.7 Å². The molecule has 0 radical (unpaired) electrons. The highest BCUT2D eigenvalue weighted by Gasteiger charge is 2.62. The van der Waals surface area contributed by atoms with Crippen LogP contribution in [-0.4, -0.2) is 34.0 Å². The van der Waals surface area contributed by atoms with Gasteiger partial charge in [0, 0.05) is 13.1 Å². The molecule has 1 fully saturated rings. The van der Waals surface area contributed by atoms with Crippen LogP contribution in [0.3, 0.4) is 0 Å². The second-order valence-electron chi connectivity index (χ2n) is 5.75. The number of carbonyl (C=O) groups is 1. The zero-order valence-electron chi connectivity index (χ0n) is 12.6. The molecule has 0 atom stereocenters. The molecule has 0 saturated heterocycles. The Balaban J connectivity index is 2.22. The summed E-state index contributed by atoms with van der Waals surface area (Å²) in [5.41, 5.74) is -1.30. The van der Waals surface area contributed by atoms with Gasteiger partial charge in [-0.25, -0.2) is 0 Å². The van der Waals surface area contributed by atoms with Crippen molar-refractivity contribution in [2.24, 2.45) is 0 Å². The zero-order valence-corrected chi connectivity index (χ0v) is 12.6. The molecular weight excluding hydrogens is 302 g/mol. The third-order valence-corrected chi connectivity index (χ3v) is 4.10. The molecule has 0 heterocycles. The first kappa shape index (κ1) is 17.1. The van der Waals surface area contributed by atoms with Gasteiger partial charge in [-0.1, -0.05) is 18.2 Å². The highest BCUT2D eigenvalue weighted by molar-refractivity contribution is 5.85. The minimum absolute atomic E-state index is 0.0682. The monoisotopic (exact) mass is 320 g/mol. The fraction of sp³-hybridized carbons (Fsp3) is 0.412. The van der Waals surface area contributed by atoms with Gasteiger partial charge in [-0.2, -0.15) is 14.0 Å². The van der Waals surface area contributed by atoms with Gasteiger partial charge in [0.1, 0.15) is 5.60 Å². The number of nitriles is 1. The van der Waals surface area contributed by atoms with Crippen molar-refractivity contribution < 1.29 is 18.7 Å². The summed E-state index contributed by atoms with van der Waals surface area (Å²) >= 11 is 0. The standard InChI is InChI=1S/C17H18F2N2O2/c1-2-9-21(12-14-6-3-5-13(10-14)11-20)15(22)17(18,19)16(23)7-4-8-16/h2-3,5-6,10,23H,1,4,7-9,12H2. The number of hydrogen-bond acceptors (Lipinski definition) is 3. The average molecular weight is 320 g/mol. The summed E-state index contributed by atoms with van der Waals surface area (Å²) in [4.78, 5) is 13.2. The van der Waals surface area contributed by atoms with Crippen molar-refractivity contribution in [2.45, 2.75) is 37.3 Å². The summed E-state index contributed by atoms with van der Waals surface area (Å²) in [5, 5.41) is 18.8. The SMILES string of the molecule is C=CCN(Cc1cccc(C#N)c1)C(=O)C(F)(F)C1(O)CCC1. The van der Waals surface area contributed by atoms with Crippen molar-refractivity contribution >= 4 is 5.91 Å². The molecule has 1 amide bonds. The molecule has 0 unspecified atom stereocenters. The van der Waals surface area contributed by atoms with E-state index in [-0.39, 0.29) is 25.9 Å². The molecule has 0 spiro atoms. The summed E-state index contributed by atoms with van der Waals surface area (Å²) in [5.74, 6) is -5.25. The van der Waals surface area contributed by atoms with Gasteiger partial charge in [0.2, 0.25) is 0 Å². The molecule has 1 aliphatic rings. The predicted octanol–water partition coefficient (Wildman–Crippen LogP) is 2.62. The van der Waals surface area contributed by atoms with Crippen LogP contribution in [0.4, 0.5) is 8.78 Å². The van der Waals surface area contributed by atoms with E-state index in [1.54, 1.807) is 24.3 Å². The highest BCUT2D eigenvalue weighted by atomic mass is 19.3. The third-order valence-electron chi connectivity index (χ3n) is 4.10. The van der Waals surface area contributed by atoms with Gasteiger partial charge in [-0.05, 0) is 37.0 Å². The Kier molecular flexibility index (Phi) is 4.81. The van der Waals surface area contributed by atoms with Crippen molar-refractivity contribution in [1.29, 1.82) is 5.26 Å². The molecule has 0 aliphatic heterocycles. The van der Waals surface area contributed by atoms with Crippen molar-refractivity contribution in [3.05, 3.63) is 48.0 Å². The molecule has 0 aromatic heterocycles. The molecule has 122 valence electrons. The molecule has 1 aliphatic carbocycles. The summed E-state index contributed by atoms with van der Waals surface area (Å²) in [7, 11) is 0. The lowest BCUT2D eigenvalue weighted by Crippen LogP contribution is -2.61. The van der Waals surface area contributed by atoms with Gasteiger partial charge in [0.25, 0.3) is 5.91 Å². The number of halogens is 2. The van der Waals surface area contributed by atoms with E-state index in [4.69, 9.17) is 5.26 Å². The molecule has 23 heavy (non-hydrogen) atoms. The third kappa shape index (κ3) is 3.25. The Morgan fingerprint density at radius 3 is 2.74 bits per heavy atom. The predicted molar refractivity (Wildman–Crippen MR) is 80.5 cm³/mol. The van der Waals surface area contributed by atoms with Crippen LogP contribution in [0.5, 0.6) is 0 Å². The summed E-state index contributed by atoms with van der Waals surface area (Å²) in [6.07, 6.45) is 1.66. The Morgan fingerprint density at radius 1 is 1.52 bits per heavy atom. The first-order chi connectivity index (χ1) is 10.8. The van der Waals surface area contributed by atoms with Crippen LogP contribution in [0, 0.1) is 11.3 Å². The molecule has 1 N–H and O–H groups in total. The van der Waals surface area contributed by atoms with Crippen molar-refractivity contribution in [2.75, 3.05) is 6.54 Å². The first-order valence-electron chi connectivity index (χ1n) is 7.33. The number of amides is 1. The van der Waals surface area contributed by atoms with Gasteiger partial charge in [-0.15, -0.1) is 6.58 Å². The van der Waals surface area contributed by atoms with E-state index in [0.29, 0.717) is 17.5 Å². The number of nitrogens with zero attached hydrogens (tertiary/aromatic N) is 2. The average Bonchev–Trinajstić information content (AvgIpc) is 2.51. The fourth-order valence-electron chi connectivity index (χ4n) is 2.56. The molecule has 1 aromatic carbocycles. The number of rotatable bonds is 6. The van der Waals surface area contributed by atoms with Gasteiger partial charge < -0.3 is 10.0 Å². The molecule has 1 saturated carbocycles. The lowest BCUT2D eigenvalue weighted by atomic mass is 9.75. The molecule has 4 nitrogen and oxygen atoms in total. The topological polar surface area (TPSA) is 64.3 Å². The first-order valence-corrected chi connectivity index (χ1v) is 7.33. The van der Waals surface area contributed by atoms with Crippen LogP contribution in [0.1, 0.15) is 30.4 Å². The lowest BCUT2D eigenvalue weighted by molar-refractivity contribution is -0.223. The van der Waals surface area contributed by atoms with E-state index in [1.165, 1.54) is 6.08 Å². The second-order valence-corrected chi connectivity index (χ2v) is 5.75. The van der Waals surface area contributed by atoms with Crippen LogP contribution in [0.2, 0.25) is 0 Å². The van der Waals surface area contributed by atoms with Crippen LogP contribution in [0.15, 0.2) is 36.9 Å². The lowest BCUT2D eigenvalue weighted by Gasteiger charge is -2.43. The van der Waals surface area contributed by atoms with Gasteiger partial charge >= 0.3 is 5.92 Å². The van der Waals surface area contributed by atoms with Crippen molar-refractivity contribution in [1.82, 2.24) is 4.90 Å². The van der Waals surface area contributed by atoms with Crippen LogP contribution >= 0.6 is 0 Å². The van der Waals surface area contributed by atoms with Gasteiger partial charge in [0.15, 0.2) is 0 Å².